The lowest BCUT2D eigenvalue weighted by Crippen LogP contribution is -2.66. The van der Waals surface area contributed by atoms with Crippen LogP contribution in [-0.4, -0.2) is 102 Å². The lowest BCUT2D eigenvalue weighted by Gasteiger charge is -2.55. The highest BCUT2D eigenvalue weighted by Crippen LogP contribution is 2.62. The summed E-state index contributed by atoms with van der Waals surface area (Å²) in [5.41, 5.74) is -2.67. The van der Waals surface area contributed by atoms with Crippen LogP contribution in [0.1, 0.15) is 30.4 Å². The van der Waals surface area contributed by atoms with E-state index < -0.39 is 117 Å². The zero-order valence-corrected chi connectivity index (χ0v) is 27.8. The fourth-order valence-corrected chi connectivity index (χ4v) is 8.88. The zero-order valence-electron chi connectivity index (χ0n) is 27.8. The van der Waals surface area contributed by atoms with Crippen molar-refractivity contribution >= 4 is 22.4 Å². The average molecular weight is 764 g/mol. The molecule has 6 aliphatic rings. The molecule has 1 saturated carbocycles. The van der Waals surface area contributed by atoms with Gasteiger partial charge in [-0.1, -0.05) is 0 Å². The number of rotatable bonds is 6. The first-order valence-corrected chi connectivity index (χ1v) is 16.9. The second kappa shape index (κ2) is 11.1. The molecule has 0 radical (unpaired) electrons. The Labute approximate surface area is 293 Å². The summed E-state index contributed by atoms with van der Waals surface area (Å²) < 4.78 is 166. The third-order valence-electron chi connectivity index (χ3n) is 11.5. The van der Waals surface area contributed by atoms with Crippen LogP contribution in [0.15, 0.2) is 6.07 Å². The topological polar surface area (TPSA) is 111 Å². The van der Waals surface area contributed by atoms with Gasteiger partial charge in [0.2, 0.25) is 12.0 Å². The van der Waals surface area contributed by atoms with Crippen LogP contribution >= 0.6 is 0 Å². The van der Waals surface area contributed by atoms with E-state index in [9.17, 15) is 39.5 Å². The number of nitrogens with one attached hydrogen (secondary N) is 1. The van der Waals surface area contributed by atoms with Gasteiger partial charge in [-0.3, -0.25) is 0 Å². The molecule has 3 aromatic rings. The molecule has 10 nitrogen and oxygen atoms in total. The molecule has 53 heavy (non-hydrogen) atoms. The van der Waals surface area contributed by atoms with Crippen molar-refractivity contribution < 1.29 is 58.1 Å². The van der Waals surface area contributed by atoms with E-state index in [4.69, 9.17) is 19.9 Å². The largest absolute Gasteiger partial charge is 0.463 e. The van der Waals surface area contributed by atoms with E-state index in [1.165, 1.54) is 4.90 Å². The summed E-state index contributed by atoms with van der Waals surface area (Å²) >= 11 is 0. The minimum atomic E-state index is -5.30. The van der Waals surface area contributed by atoms with Crippen molar-refractivity contribution in [3.05, 3.63) is 28.8 Å². The number of piperazine rings is 1. The quantitative estimate of drug-likeness (QED) is 0.256. The van der Waals surface area contributed by atoms with Crippen molar-refractivity contribution in [3.8, 4) is 23.1 Å². The molecule has 4 saturated heterocycles. The average Bonchev–Trinajstić information content (AvgIpc) is 3.42. The van der Waals surface area contributed by atoms with Crippen LogP contribution in [0.25, 0.3) is 22.2 Å². The van der Waals surface area contributed by atoms with Gasteiger partial charge < -0.3 is 35.1 Å². The van der Waals surface area contributed by atoms with Crippen molar-refractivity contribution in [1.82, 2.24) is 25.2 Å². The summed E-state index contributed by atoms with van der Waals surface area (Å²) in [6, 6.07) is -2.84. The van der Waals surface area contributed by atoms with Gasteiger partial charge in [-0.2, -0.15) is 36.3 Å². The zero-order chi connectivity index (χ0) is 37.6. The smallest absolute Gasteiger partial charge is 0.427 e. The standard InChI is InChI=1S/C33H31F10N7O3/c1-13-19(32(38,39)40)15(4-16(44)20(13)34)22-21(35)23-18-26(50-5-14-2-3-17(45-14)24(50)25(33(41,42)43)53-27(18)46-22)48-28(47-23)52-12-30(6-31(30,36)37)9-49-7-29(8-49)10-51-11-29/h4,14,17,24-25,45H,2-3,5-12,44H2,1H3/t14-,17+,24+,25-,30-/m1/s1. The number of nitrogen functional groups attached to an aromatic ring is 1. The Kier molecular flexibility index (Phi) is 7.28. The van der Waals surface area contributed by atoms with E-state index in [1.807, 2.05) is 4.90 Å². The third kappa shape index (κ3) is 5.28. The van der Waals surface area contributed by atoms with Gasteiger partial charge >= 0.3 is 18.4 Å². The van der Waals surface area contributed by atoms with Crippen LogP contribution in [0.5, 0.6) is 11.9 Å². The SMILES string of the molecule is Cc1c(F)c(N)cc(-c2nc3c4c(nc(OC[C@]5(CN6CC7(COC7)C6)CC5(F)F)nc4c2F)N2C[C@H]4CC[C@H](N4)[C@H]2[C@H](C(F)(F)F)O3)c1C(F)(F)F. The fraction of sp³-hybridized carbons (Fsp3) is 0.606. The normalized spacial score (nSPS) is 29.7. The molecule has 1 spiro atoms. The van der Waals surface area contributed by atoms with Gasteiger partial charge in [-0.05, 0) is 31.4 Å². The highest BCUT2D eigenvalue weighted by atomic mass is 19.4. The van der Waals surface area contributed by atoms with E-state index in [-0.39, 0.29) is 30.4 Å². The molecule has 0 unspecified atom stereocenters. The predicted octanol–water partition coefficient (Wildman–Crippen LogP) is 5.25. The first-order valence-electron chi connectivity index (χ1n) is 16.9. The van der Waals surface area contributed by atoms with Crippen LogP contribution in [0.3, 0.4) is 0 Å². The molecule has 5 fully saturated rings. The first kappa shape index (κ1) is 34.8. The fourth-order valence-electron chi connectivity index (χ4n) is 8.88. The summed E-state index contributed by atoms with van der Waals surface area (Å²) in [5, 5.41) is 2.64. The molecule has 1 aliphatic carbocycles. The minimum Gasteiger partial charge on any atom is -0.463 e. The van der Waals surface area contributed by atoms with Gasteiger partial charge in [-0.25, -0.2) is 22.5 Å². The highest BCUT2D eigenvalue weighted by molar-refractivity contribution is 5.97. The Hall–Kier alpha value is -3.91. The Bertz CT molecular complexity index is 2040. The second-order valence-electron chi connectivity index (χ2n) is 15.3. The molecule has 20 heteroatoms. The Morgan fingerprint density at radius 1 is 1.04 bits per heavy atom. The maximum atomic E-state index is 16.8. The molecule has 5 atom stereocenters. The summed E-state index contributed by atoms with van der Waals surface area (Å²) in [5.74, 6) is -7.39. The number of hydrogen-bond acceptors (Lipinski definition) is 10. The molecular weight excluding hydrogens is 732 g/mol. The molecular formula is C33H31F10N7O3. The summed E-state index contributed by atoms with van der Waals surface area (Å²) in [6.07, 6.45) is -12.8. The van der Waals surface area contributed by atoms with Gasteiger partial charge in [0.1, 0.15) is 34.8 Å². The number of fused-ring (bicyclic) bond motifs is 5. The van der Waals surface area contributed by atoms with Gasteiger partial charge in [0.25, 0.3) is 5.92 Å². The number of likely N-dealkylation sites (tertiary alicyclic amines) is 1. The third-order valence-corrected chi connectivity index (χ3v) is 11.5. The number of pyridine rings is 1. The number of ether oxygens (including phenoxy) is 3. The van der Waals surface area contributed by atoms with Crippen LogP contribution in [-0.2, 0) is 10.9 Å². The van der Waals surface area contributed by atoms with E-state index in [2.05, 4.69) is 20.3 Å². The van der Waals surface area contributed by atoms with Crippen molar-refractivity contribution in [1.29, 1.82) is 0 Å². The molecule has 9 rings (SSSR count). The second-order valence-corrected chi connectivity index (χ2v) is 15.3. The number of aromatic nitrogens is 3. The molecule has 1 aromatic carbocycles. The first-order chi connectivity index (χ1) is 24.8. The number of halogens is 10. The molecule has 0 amide bonds. The Morgan fingerprint density at radius 2 is 1.75 bits per heavy atom. The van der Waals surface area contributed by atoms with E-state index in [0.29, 0.717) is 45.2 Å². The Morgan fingerprint density at radius 3 is 2.38 bits per heavy atom. The van der Waals surface area contributed by atoms with Crippen molar-refractivity contribution in [2.24, 2.45) is 10.8 Å². The number of nitrogens with two attached hydrogens (primary N) is 1. The maximum Gasteiger partial charge on any atom is 0.427 e. The molecule has 3 N–H and O–H groups in total. The van der Waals surface area contributed by atoms with Gasteiger partial charge in [-0.15, -0.1) is 0 Å². The van der Waals surface area contributed by atoms with Crippen molar-refractivity contribution in [3.63, 3.8) is 0 Å². The van der Waals surface area contributed by atoms with Crippen LogP contribution in [0.4, 0.5) is 55.4 Å². The van der Waals surface area contributed by atoms with Crippen LogP contribution in [0.2, 0.25) is 0 Å². The monoisotopic (exact) mass is 763 g/mol. The van der Waals surface area contributed by atoms with Crippen molar-refractivity contribution in [2.75, 3.05) is 56.6 Å². The molecule has 7 heterocycles. The van der Waals surface area contributed by atoms with Gasteiger partial charge in [0.15, 0.2) is 5.82 Å². The number of alkyl halides is 8. The van der Waals surface area contributed by atoms with E-state index >= 15 is 4.39 Å². The maximum absolute atomic E-state index is 16.8. The molecule has 5 aliphatic heterocycles. The van der Waals surface area contributed by atoms with Crippen LogP contribution < -0.4 is 25.4 Å². The number of benzene rings is 1. The lowest BCUT2D eigenvalue weighted by atomic mass is 9.77. The Balaban J connectivity index is 1.20. The summed E-state index contributed by atoms with van der Waals surface area (Å²) in [4.78, 5) is 15.4. The molecule has 2 bridgehead atoms. The predicted molar refractivity (Wildman–Crippen MR) is 166 cm³/mol. The molecule has 2 aromatic heterocycles. The van der Waals surface area contributed by atoms with E-state index in [0.717, 1.165) is 6.92 Å². The highest BCUT2D eigenvalue weighted by Gasteiger charge is 2.73. The number of hydrogen-bond donors (Lipinski definition) is 2. The van der Waals surface area contributed by atoms with Crippen molar-refractivity contribution in [2.45, 2.75) is 68.7 Å². The molecule has 286 valence electrons. The number of anilines is 2. The summed E-state index contributed by atoms with van der Waals surface area (Å²) in [7, 11) is 0. The van der Waals surface area contributed by atoms with E-state index in [1.54, 1.807) is 0 Å². The summed E-state index contributed by atoms with van der Waals surface area (Å²) in [6.45, 7) is 2.15. The minimum absolute atomic E-state index is 0.0509. The van der Waals surface area contributed by atoms with Crippen LogP contribution in [0, 0.1) is 29.4 Å². The van der Waals surface area contributed by atoms with Gasteiger partial charge in [0, 0.05) is 55.7 Å². The van der Waals surface area contributed by atoms with Gasteiger partial charge in [0.05, 0.1) is 35.9 Å². The lowest BCUT2D eigenvalue weighted by molar-refractivity contribution is -0.203. The number of nitrogens with zero attached hydrogens (tertiary/aromatic N) is 5.